The third kappa shape index (κ3) is 7.04. The van der Waals surface area contributed by atoms with Crippen molar-refractivity contribution in [1.82, 2.24) is 9.97 Å². The van der Waals surface area contributed by atoms with E-state index >= 15 is 0 Å². The maximum atomic E-state index is 13.5. The lowest BCUT2D eigenvalue weighted by Gasteiger charge is -2.15. The topological polar surface area (TPSA) is 132 Å². The highest BCUT2D eigenvalue weighted by atomic mass is 32.2. The zero-order valence-electron chi connectivity index (χ0n) is 23.0. The van der Waals surface area contributed by atoms with Gasteiger partial charge in [0.25, 0.3) is 10.0 Å². The lowest BCUT2D eigenvalue weighted by molar-refractivity contribution is -0.116. The molecule has 1 aliphatic rings. The Morgan fingerprint density at radius 2 is 1.51 bits per heavy atom. The first kappa shape index (κ1) is 28.2. The average molecular weight is 576 g/mol. The SMILES string of the molecule is COc1cc(Nc2nc3ccccc3nc2NS(=O)(=O)c2cccc(NC(=O)CCC3CCCC3)c2)cc(OC)c1. The third-order valence-corrected chi connectivity index (χ3v) is 8.43. The molecule has 0 aliphatic heterocycles. The Hall–Kier alpha value is -4.38. The van der Waals surface area contributed by atoms with E-state index in [2.05, 4.69) is 25.3 Å². The number of benzene rings is 3. The number of para-hydroxylation sites is 2. The molecule has 0 saturated heterocycles. The van der Waals surface area contributed by atoms with E-state index in [9.17, 15) is 13.2 Å². The van der Waals surface area contributed by atoms with E-state index in [1.165, 1.54) is 37.8 Å². The van der Waals surface area contributed by atoms with Crippen LogP contribution < -0.4 is 24.8 Å². The molecule has 0 atom stereocenters. The largest absolute Gasteiger partial charge is 0.497 e. The van der Waals surface area contributed by atoms with Gasteiger partial charge in [0, 0.05) is 36.0 Å². The highest BCUT2D eigenvalue weighted by Gasteiger charge is 2.21. The first-order valence-corrected chi connectivity index (χ1v) is 15.0. The number of rotatable bonds is 11. The normalized spacial score (nSPS) is 13.6. The van der Waals surface area contributed by atoms with Crippen molar-refractivity contribution < 1.29 is 22.7 Å². The number of fused-ring (bicyclic) bond motifs is 1. The number of amides is 1. The van der Waals surface area contributed by atoms with Gasteiger partial charge in [0.1, 0.15) is 11.5 Å². The number of nitrogens with zero attached hydrogens (tertiary/aromatic N) is 2. The maximum Gasteiger partial charge on any atom is 0.263 e. The average Bonchev–Trinajstić information content (AvgIpc) is 3.50. The highest BCUT2D eigenvalue weighted by Crippen LogP contribution is 2.32. The van der Waals surface area contributed by atoms with Crippen molar-refractivity contribution in [2.45, 2.75) is 43.4 Å². The Morgan fingerprint density at radius 3 is 2.17 bits per heavy atom. The molecular formula is C30H33N5O5S. The molecule has 5 rings (SSSR count). The summed E-state index contributed by atoms with van der Waals surface area (Å²) in [5.41, 5.74) is 2.07. The van der Waals surface area contributed by atoms with Gasteiger partial charge >= 0.3 is 0 Å². The number of carbonyl (C=O) groups excluding carboxylic acids is 1. The molecule has 0 unspecified atom stereocenters. The molecule has 10 nitrogen and oxygen atoms in total. The maximum absolute atomic E-state index is 13.5. The van der Waals surface area contributed by atoms with Crippen LogP contribution in [-0.4, -0.2) is 38.5 Å². The number of anilines is 4. The minimum atomic E-state index is -4.10. The Morgan fingerprint density at radius 1 is 0.854 bits per heavy atom. The summed E-state index contributed by atoms with van der Waals surface area (Å²) in [5.74, 6) is 1.77. The van der Waals surface area contributed by atoms with Crippen molar-refractivity contribution in [2.24, 2.45) is 5.92 Å². The summed E-state index contributed by atoms with van der Waals surface area (Å²) in [6.07, 6.45) is 6.06. The minimum Gasteiger partial charge on any atom is -0.497 e. The number of hydrogen-bond acceptors (Lipinski definition) is 8. The van der Waals surface area contributed by atoms with Gasteiger partial charge in [-0.1, -0.05) is 43.9 Å². The molecule has 214 valence electrons. The smallest absolute Gasteiger partial charge is 0.263 e. The second-order valence-corrected chi connectivity index (χ2v) is 11.7. The van der Waals surface area contributed by atoms with E-state index in [1.54, 1.807) is 62.8 Å². The van der Waals surface area contributed by atoms with Crippen LogP contribution in [0.25, 0.3) is 11.0 Å². The van der Waals surface area contributed by atoms with Crippen LogP contribution >= 0.6 is 0 Å². The van der Waals surface area contributed by atoms with E-state index in [0.717, 1.165) is 6.42 Å². The summed E-state index contributed by atoms with van der Waals surface area (Å²) in [6.45, 7) is 0. The van der Waals surface area contributed by atoms with Crippen molar-refractivity contribution in [3.8, 4) is 11.5 Å². The summed E-state index contributed by atoms with van der Waals surface area (Å²) < 4.78 is 40.3. The monoisotopic (exact) mass is 575 g/mol. The minimum absolute atomic E-state index is 0.0106. The fourth-order valence-electron chi connectivity index (χ4n) is 4.96. The molecule has 1 saturated carbocycles. The Kier molecular flexibility index (Phi) is 8.53. The Labute approximate surface area is 239 Å². The van der Waals surface area contributed by atoms with Gasteiger partial charge in [-0.2, -0.15) is 0 Å². The van der Waals surface area contributed by atoms with E-state index in [-0.39, 0.29) is 22.4 Å². The lowest BCUT2D eigenvalue weighted by Crippen LogP contribution is -2.17. The summed E-state index contributed by atoms with van der Waals surface area (Å²) >= 11 is 0. The van der Waals surface area contributed by atoms with Gasteiger partial charge in [-0.15, -0.1) is 0 Å². The van der Waals surface area contributed by atoms with Gasteiger partial charge in [0.15, 0.2) is 11.6 Å². The fourth-order valence-corrected chi connectivity index (χ4v) is 6.01. The summed E-state index contributed by atoms with van der Waals surface area (Å²) in [7, 11) is -1.02. The van der Waals surface area contributed by atoms with E-state index < -0.39 is 10.0 Å². The first-order valence-electron chi connectivity index (χ1n) is 13.5. The Bertz CT molecular complexity index is 1630. The van der Waals surface area contributed by atoms with Gasteiger partial charge in [-0.3, -0.25) is 9.52 Å². The number of nitrogens with one attached hydrogen (secondary N) is 3. The molecule has 1 fully saturated rings. The molecule has 1 aliphatic carbocycles. The lowest BCUT2D eigenvalue weighted by atomic mass is 10.0. The second-order valence-electron chi connectivity index (χ2n) is 10.0. The van der Waals surface area contributed by atoms with Crippen molar-refractivity contribution in [2.75, 3.05) is 29.6 Å². The van der Waals surface area contributed by atoms with Crippen LogP contribution in [0.1, 0.15) is 38.5 Å². The highest BCUT2D eigenvalue weighted by molar-refractivity contribution is 7.92. The van der Waals surface area contributed by atoms with Crippen LogP contribution in [0.2, 0.25) is 0 Å². The van der Waals surface area contributed by atoms with Crippen molar-refractivity contribution >= 4 is 50.0 Å². The molecule has 3 aromatic carbocycles. The van der Waals surface area contributed by atoms with E-state index in [0.29, 0.717) is 46.2 Å². The van der Waals surface area contributed by atoms with Crippen LogP contribution in [0, 0.1) is 5.92 Å². The number of aromatic nitrogens is 2. The molecule has 41 heavy (non-hydrogen) atoms. The number of carbonyl (C=O) groups is 1. The van der Waals surface area contributed by atoms with Gasteiger partial charge in [0.05, 0.1) is 30.1 Å². The predicted molar refractivity (Wildman–Crippen MR) is 159 cm³/mol. The predicted octanol–water partition coefficient (Wildman–Crippen LogP) is 6.10. The number of ether oxygens (including phenoxy) is 2. The van der Waals surface area contributed by atoms with Gasteiger partial charge in [-0.25, -0.2) is 18.4 Å². The molecule has 1 aromatic heterocycles. The van der Waals surface area contributed by atoms with Crippen LogP contribution in [0.4, 0.5) is 23.0 Å². The van der Waals surface area contributed by atoms with Crippen LogP contribution in [0.5, 0.6) is 11.5 Å². The molecule has 11 heteroatoms. The van der Waals surface area contributed by atoms with E-state index in [1.807, 2.05) is 6.07 Å². The van der Waals surface area contributed by atoms with Crippen molar-refractivity contribution in [3.63, 3.8) is 0 Å². The van der Waals surface area contributed by atoms with Crippen LogP contribution in [0.15, 0.2) is 71.6 Å². The summed E-state index contributed by atoms with van der Waals surface area (Å²) in [5, 5.41) is 5.98. The van der Waals surface area contributed by atoms with Gasteiger partial charge in [-0.05, 0) is 42.7 Å². The first-order chi connectivity index (χ1) is 19.8. The van der Waals surface area contributed by atoms with Gasteiger partial charge in [0.2, 0.25) is 5.91 Å². The molecule has 0 spiro atoms. The zero-order valence-corrected chi connectivity index (χ0v) is 23.8. The van der Waals surface area contributed by atoms with Crippen molar-refractivity contribution in [3.05, 3.63) is 66.7 Å². The molecule has 4 aromatic rings. The molecule has 0 bridgehead atoms. The summed E-state index contributed by atoms with van der Waals surface area (Å²) in [6, 6.07) is 18.5. The number of sulfonamides is 1. The number of hydrogen-bond donors (Lipinski definition) is 3. The number of methoxy groups -OCH3 is 2. The second kappa shape index (κ2) is 12.4. The quantitative estimate of drug-likeness (QED) is 0.195. The molecule has 0 radical (unpaired) electrons. The molecule has 1 heterocycles. The molecule has 1 amide bonds. The van der Waals surface area contributed by atoms with Crippen LogP contribution in [0.3, 0.4) is 0 Å². The molecular weight excluding hydrogens is 542 g/mol. The van der Waals surface area contributed by atoms with Gasteiger partial charge < -0.3 is 20.1 Å². The van der Waals surface area contributed by atoms with E-state index in [4.69, 9.17) is 9.47 Å². The Balaban J connectivity index is 1.40. The standard InChI is InChI=1S/C30H33N5O5S/c1-39-23-16-22(17-24(19-23)40-2)32-29-30(34-27-13-6-5-12-26(27)33-29)35-41(37,38)25-11-7-10-21(18-25)31-28(36)15-14-20-8-3-4-9-20/h5-7,10-13,16-20H,3-4,8-9,14-15H2,1-2H3,(H,31,36)(H,32,33)(H,34,35). The molecule has 3 N–H and O–H groups in total. The third-order valence-electron chi connectivity index (χ3n) is 7.10. The fraction of sp³-hybridized carbons (Fsp3) is 0.300. The zero-order chi connectivity index (χ0) is 28.8. The van der Waals surface area contributed by atoms with Crippen molar-refractivity contribution in [1.29, 1.82) is 0 Å². The summed E-state index contributed by atoms with van der Waals surface area (Å²) in [4.78, 5) is 21.7. The van der Waals surface area contributed by atoms with Crippen LogP contribution in [-0.2, 0) is 14.8 Å².